The predicted molar refractivity (Wildman–Crippen MR) is 65.0 cm³/mol. The van der Waals surface area contributed by atoms with Gasteiger partial charge in [0.25, 0.3) is 5.69 Å². The third-order valence-electron chi connectivity index (χ3n) is 2.25. The van der Waals surface area contributed by atoms with Crippen molar-refractivity contribution in [2.75, 3.05) is 19.0 Å². The summed E-state index contributed by atoms with van der Waals surface area (Å²) >= 11 is 0. The number of methoxy groups -OCH3 is 1. The van der Waals surface area contributed by atoms with Gasteiger partial charge >= 0.3 is 5.97 Å². The maximum atomic E-state index is 10.9. The Balaban J connectivity index is 3.00. The van der Waals surface area contributed by atoms with Crippen molar-refractivity contribution in [3.63, 3.8) is 0 Å². The van der Waals surface area contributed by atoms with Crippen molar-refractivity contribution < 1.29 is 19.6 Å². The Bertz CT molecular complexity index is 461. The number of nitrogens with one attached hydrogen (secondary N) is 1. The number of ether oxygens (including phenoxy) is 1. The molecule has 1 unspecified atom stereocenters. The van der Waals surface area contributed by atoms with Crippen LogP contribution in [-0.2, 0) is 4.74 Å². The van der Waals surface area contributed by atoms with Gasteiger partial charge in [-0.1, -0.05) is 0 Å². The molecule has 0 aliphatic heterocycles. The molecule has 7 nitrogen and oxygen atoms in total. The van der Waals surface area contributed by atoms with Crippen LogP contribution in [-0.4, -0.2) is 35.8 Å². The minimum absolute atomic E-state index is 0.0295. The van der Waals surface area contributed by atoms with Crippen molar-refractivity contribution in [3.8, 4) is 0 Å². The minimum Gasteiger partial charge on any atom is -0.477 e. The molecule has 0 bridgehead atoms. The number of nitrogens with zero attached hydrogens (tertiary/aromatic N) is 1. The Hall–Kier alpha value is -2.15. The van der Waals surface area contributed by atoms with Crippen molar-refractivity contribution in [3.05, 3.63) is 33.9 Å². The maximum Gasteiger partial charge on any atom is 0.342 e. The monoisotopic (exact) mass is 254 g/mol. The number of nitro benzene ring substituents is 1. The molecule has 1 aromatic carbocycles. The van der Waals surface area contributed by atoms with Crippen molar-refractivity contribution in [1.82, 2.24) is 0 Å². The summed E-state index contributed by atoms with van der Waals surface area (Å²) < 4.78 is 4.93. The number of anilines is 1. The highest BCUT2D eigenvalue weighted by Gasteiger charge is 2.20. The first kappa shape index (κ1) is 13.9. The average Bonchev–Trinajstić information content (AvgIpc) is 2.28. The van der Waals surface area contributed by atoms with Crippen LogP contribution < -0.4 is 5.32 Å². The van der Waals surface area contributed by atoms with Gasteiger partial charge in [-0.15, -0.1) is 0 Å². The summed E-state index contributed by atoms with van der Waals surface area (Å²) in [4.78, 5) is 20.9. The van der Waals surface area contributed by atoms with E-state index in [0.29, 0.717) is 12.3 Å². The third-order valence-corrected chi connectivity index (χ3v) is 2.25. The highest BCUT2D eigenvalue weighted by atomic mass is 16.6. The number of carbonyl (C=O) groups is 1. The summed E-state index contributed by atoms with van der Waals surface area (Å²) in [5.74, 6) is -1.33. The van der Waals surface area contributed by atoms with Crippen LogP contribution in [0.3, 0.4) is 0 Å². The Kier molecular flexibility index (Phi) is 4.61. The summed E-state index contributed by atoms with van der Waals surface area (Å²) in [5, 5.41) is 22.6. The largest absolute Gasteiger partial charge is 0.477 e. The quantitative estimate of drug-likeness (QED) is 0.592. The van der Waals surface area contributed by atoms with Gasteiger partial charge in [-0.2, -0.15) is 0 Å². The Labute approximate surface area is 104 Å². The smallest absolute Gasteiger partial charge is 0.342 e. The number of benzene rings is 1. The van der Waals surface area contributed by atoms with Crippen molar-refractivity contribution in [1.29, 1.82) is 0 Å². The van der Waals surface area contributed by atoms with Gasteiger partial charge in [0.05, 0.1) is 11.5 Å². The number of carboxylic acids is 1. The Morgan fingerprint density at radius 3 is 2.78 bits per heavy atom. The van der Waals surface area contributed by atoms with Crippen LogP contribution >= 0.6 is 0 Å². The molecule has 0 saturated carbocycles. The van der Waals surface area contributed by atoms with Gasteiger partial charge in [-0.3, -0.25) is 10.1 Å². The fourth-order valence-electron chi connectivity index (χ4n) is 1.53. The van der Waals surface area contributed by atoms with E-state index in [1.165, 1.54) is 18.2 Å². The fraction of sp³-hybridized carbons (Fsp3) is 0.364. The van der Waals surface area contributed by atoms with Gasteiger partial charge in [0.15, 0.2) is 0 Å². The topological polar surface area (TPSA) is 102 Å². The van der Waals surface area contributed by atoms with E-state index in [-0.39, 0.29) is 11.6 Å². The summed E-state index contributed by atoms with van der Waals surface area (Å²) in [6.07, 6.45) is 0. The molecular formula is C11H14N2O5. The molecule has 1 aromatic rings. The van der Waals surface area contributed by atoms with Crippen molar-refractivity contribution in [2.45, 2.75) is 13.0 Å². The molecule has 0 heterocycles. The SMILES string of the molecule is COCC(C)Nc1ccc([N+](=O)[O-])c(C(=O)O)c1. The highest BCUT2D eigenvalue weighted by Crippen LogP contribution is 2.23. The van der Waals surface area contributed by atoms with Gasteiger partial charge in [0.2, 0.25) is 0 Å². The summed E-state index contributed by atoms with van der Waals surface area (Å²) in [5.41, 5.74) is -0.260. The molecule has 1 rings (SSSR count). The molecule has 7 heteroatoms. The van der Waals surface area contributed by atoms with E-state index in [9.17, 15) is 14.9 Å². The van der Waals surface area contributed by atoms with E-state index in [1.54, 1.807) is 7.11 Å². The van der Waals surface area contributed by atoms with Crippen LogP contribution in [0.25, 0.3) is 0 Å². The lowest BCUT2D eigenvalue weighted by Gasteiger charge is -2.14. The maximum absolute atomic E-state index is 10.9. The molecule has 1 atom stereocenters. The van der Waals surface area contributed by atoms with Gasteiger partial charge in [-0.25, -0.2) is 4.79 Å². The molecule has 0 spiro atoms. The van der Waals surface area contributed by atoms with Crippen LogP contribution in [0.1, 0.15) is 17.3 Å². The van der Waals surface area contributed by atoms with Gasteiger partial charge in [-0.05, 0) is 19.1 Å². The normalized spacial score (nSPS) is 11.9. The van der Waals surface area contributed by atoms with E-state index < -0.39 is 16.6 Å². The molecule has 0 amide bonds. The van der Waals surface area contributed by atoms with E-state index in [4.69, 9.17) is 9.84 Å². The second-order valence-electron chi connectivity index (χ2n) is 3.79. The minimum atomic E-state index is -1.33. The lowest BCUT2D eigenvalue weighted by Crippen LogP contribution is -2.21. The fourth-order valence-corrected chi connectivity index (χ4v) is 1.53. The summed E-state index contributed by atoms with van der Waals surface area (Å²) in [7, 11) is 1.55. The Morgan fingerprint density at radius 1 is 1.61 bits per heavy atom. The number of aromatic carboxylic acids is 1. The van der Waals surface area contributed by atoms with Crippen LogP contribution in [0.15, 0.2) is 18.2 Å². The first-order valence-electron chi connectivity index (χ1n) is 5.23. The number of nitro groups is 1. The van der Waals surface area contributed by atoms with Gasteiger partial charge in [0, 0.05) is 24.9 Å². The van der Waals surface area contributed by atoms with Gasteiger partial charge in [0.1, 0.15) is 5.56 Å². The second kappa shape index (κ2) is 5.97. The standard InChI is InChI=1S/C11H14N2O5/c1-7(6-18-2)12-8-3-4-10(13(16)17)9(5-8)11(14)15/h3-5,7,12H,6H2,1-2H3,(H,14,15). The van der Waals surface area contributed by atoms with E-state index in [1.807, 2.05) is 6.92 Å². The number of rotatable bonds is 6. The zero-order valence-corrected chi connectivity index (χ0v) is 10.0. The third kappa shape index (κ3) is 3.42. The first-order chi connectivity index (χ1) is 8.45. The molecule has 0 fully saturated rings. The van der Waals surface area contributed by atoms with Gasteiger partial charge < -0.3 is 15.2 Å². The van der Waals surface area contributed by atoms with E-state index in [2.05, 4.69) is 5.32 Å². The zero-order valence-electron chi connectivity index (χ0n) is 10.0. The van der Waals surface area contributed by atoms with Crippen LogP contribution in [0.2, 0.25) is 0 Å². The lowest BCUT2D eigenvalue weighted by molar-refractivity contribution is -0.385. The Morgan fingerprint density at radius 2 is 2.28 bits per heavy atom. The van der Waals surface area contributed by atoms with Crippen LogP contribution in [0.5, 0.6) is 0 Å². The highest BCUT2D eigenvalue weighted by molar-refractivity contribution is 5.93. The van der Waals surface area contributed by atoms with E-state index >= 15 is 0 Å². The number of hydrogen-bond donors (Lipinski definition) is 2. The molecule has 0 aliphatic carbocycles. The number of carboxylic acid groups (broad SMARTS) is 1. The van der Waals surface area contributed by atoms with E-state index in [0.717, 1.165) is 0 Å². The molecular weight excluding hydrogens is 240 g/mol. The molecule has 0 radical (unpaired) electrons. The van der Waals surface area contributed by atoms with Crippen LogP contribution in [0, 0.1) is 10.1 Å². The van der Waals surface area contributed by atoms with Crippen LogP contribution in [0.4, 0.5) is 11.4 Å². The molecule has 0 saturated heterocycles. The molecule has 0 aromatic heterocycles. The number of hydrogen-bond acceptors (Lipinski definition) is 5. The zero-order chi connectivity index (χ0) is 13.7. The molecule has 18 heavy (non-hydrogen) atoms. The first-order valence-corrected chi connectivity index (χ1v) is 5.23. The average molecular weight is 254 g/mol. The van der Waals surface area contributed by atoms with Crippen molar-refractivity contribution in [2.24, 2.45) is 0 Å². The van der Waals surface area contributed by atoms with Crippen molar-refractivity contribution >= 4 is 17.3 Å². The molecule has 0 aliphatic rings. The lowest BCUT2D eigenvalue weighted by atomic mass is 10.1. The molecule has 2 N–H and O–H groups in total. The summed E-state index contributed by atoms with van der Waals surface area (Å²) in [6, 6.07) is 3.85. The molecule has 98 valence electrons. The second-order valence-corrected chi connectivity index (χ2v) is 3.79. The summed E-state index contributed by atoms with van der Waals surface area (Å²) in [6.45, 7) is 2.30. The predicted octanol–water partition coefficient (Wildman–Crippen LogP) is 1.74.